The fourth-order valence-corrected chi connectivity index (χ4v) is 0.551. The highest BCUT2D eigenvalue weighted by Crippen LogP contribution is 1.98. The van der Waals surface area contributed by atoms with E-state index in [0.29, 0.717) is 19.3 Å². The second-order valence-corrected chi connectivity index (χ2v) is 2.16. The Kier molecular flexibility index (Phi) is 4.32. The third kappa shape index (κ3) is 4.15. The summed E-state index contributed by atoms with van der Waals surface area (Å²) in [5, 5.41) is 8.94. The van der Waals surface area contributed by atoms with E-state index in [4.69, 9.17) is 5.11 Å². The number of carbonyl (C=O) groups excluding carboxylic acids is 1. The van der Waals surface area contributed by atoms with E-state index in [-0.39, 0.29) is 5.78 Å². The predicted octanol–water partition coefficient (Wildman–Crippen LogP) is 1.13. The summed E-state index contributed by atoms with van der Waals surface area (Å²) in [6.45, 7) is 3.68. The van der Waals surface area contributed by atoms with Crippen molar-refractivity contribution in [1.82, 2.24) is 0 Å². The molecular weight excluding hydrogens is 116 g/mol. The molecule has 0 heterocycles. The first kappa shape index (κ1) is 8.63. The van der Waals surface area contributed by atoms with Crippen LogP contribution in [0.3, 0.4) is 0 Å². The first-order chi connectivity index (χ1) is 4.20. The van der Waals surface area contributed by atoms with Gasteiger partial charge in [0.1, 0.15) is 5.78 Å². The molecule has 0 rings (SSSR count). The van der Waals surface area contributed by atoms with Gasteiger partial charge in [0, 0.05) is 12.8 Å². The van der Waals surface area contributed by atoms with E-state index in [9.17, 15) is 4.79 Å². The van der Waals surface area contributed by atoms with Gasteiger partial charge in [0.25, 0.3) is 0 Å². The zero-order valence-electron chi connectivity index (χ0n) is 6.05. The van der Waals surface area contributed by atoms with E-state index in [1.165, 1.54) is 0 Å². The van der Waals surface area contributed by atoms with E-state index in [1.54, 1.807) is 0 Å². The molecule has 9 heavy (non-hydrogen) atoms. The van der Waals surface area contributed by atoms with Gasteiger partial charge in [-0.2, -0.15) is 0 Å². The molecule has 0 fully saturated rings. The zero-order chi connectivity index (χ0) is 7.28. The van der Waals surface area contributed by atoms with Gasteiger partial charge in [-0.05, 0) is 6.42 Å². The van der Waals surface area contributed by atoms with E-state index in [0.717, 1.165) is 0 Å². The van der Waals surface area contributed by atoms with Gasteiger partial charge in [-0.25, -0.2) is 0 Å². The largest absolute Gasteiger partial charge is 0.393 e. The molecule has 0 aliphatic rings. The van der Waals surface area contributed by atoms with Gasteiger partial charge in [-0.15, -0.1) is 0 Å². The summed E-state index contributed by atoms with van der Waals surface area (Å²) in [5.74, 6) is 0.143. The Labute approximate surface area is 55.9 Å². The van der Waals surface area contributed by atoms with Crippen molar-refractivity contribution in [3.05, 3.63) is 0 Å². The van der Waals surface area contributed by atoms with Crippen LogP contribution in [-0.4, -0.2) is 17.0 Å². The van der Waals surface area contributed by atoms with Crippen LogP contribution >= 0.6 is 0 Å². The predicted molar refractivity (Wildman–Crippen MR) is 36.2 cm³/mol. The second kappa shape index (κ2) is 4.50. The third-order valence-electron chi connectivity index (χ3n) is 1.33. The molecule has 2 nitrogen and oxygen atoms in total. The summed E-state index contributed by atoms with van der Waals surface area (Å²) in [4.78, 5) is 10.6. The minimum Gasteiger partial charge on any atom is -0.393 e. The third-order valence-corrected chi connectivity index (χ3v) is 1.33. The number of aliphatic hydroxyl groups excluding tert-OH is 1. The summed E-state index contributed by atoms with van der Waals surface area (Å²) in [5.41, 5.74) is 0. The number of hydrogen-bond donors (Lipinski definition) is 1. The fourth-order valence-electron chi connectivity index (χ4n) is 0.551. The smallest absolute Gasteiger partial charge is 0.135 e. The topological polar surface area (TPSA) is 37.3 Å². The van der Waals surface area contributed by atoms with Crippen molar-refractivity contribution in [2.75, 3.05) is 0 Å². The van der Waals surface area contributed by atoms with Crippen molar-refractivity contribution in [2.45, 2.75) is 39.2 Å². The van der Waals surface area contributed by atoms with Gasteiger partial charge in [-0.1, -0.05) is 13.8 Å². The van der Waals surface area contributed by atoms with Crippen LogP contribution in [0.1, 0.15) is 33.1 Å². The standard InChI is InChI=1S/C7H14O2/c1-3-6(8)5-7(9)4-2/h6,8H,3-5H2,1-2H3/t6-/m0/s1. The fraction of sp³-hybridized carbons (Fsp3) is 0.857. The van der Waals surface area contributed by atoms with Crippen LogP contribution in [0, 0.1) is 0 Å². The van der Waals surface area contributed by atoms with E-state index >= 15 is 0 Å². The van der Waals surface area contributed by atoms with Crippen LogP contribution in [0.4, 0.5) is 0 Å². The van der Waals surface area contributed by atoms with Crippen molar-refractivity contribution >= 4 is 5.78 Å². The Balaban J connectivity index is 3.34. The molecule has 1 atom stereocenters. The molecule has 0 aromatic rings. The van der Waals surface area contributed by atoms with Crippen molar-refractivity contribution in [3.63, 3.8) is 0 Å². The molecule has 0 saturated carbocycles. The molecule has 2 heteroatoms. The Bertz CT molecular complexity index is 88.9. The molecule has 0 bridgehead atoms. The van der Waals surface area contributed by atoms with E-state index in [1.807, 2.05) is 13.8 Å². The van der Waals surface area contributed by atoms with Crippen LogP contribution in [0.2, 0.25) is 0 Å². The normalized spacial score (nSPS) is 13.2. The Morgan fingerprint density at radius 3 is 2.44 bits per heavy atom. The molecule has 54 valence electrons. The van der Waals surface area contributed by atoms with Crippen LogP contribution in [-0.2, 0) is 4.79 Å². The molecule has 0 amide bonds. The summed E-state index contributed by atoms with van der Waals surface area (Å²) < 4.78 is 0. The van der Waals surface area contributed by atoms with Gasteiger partial charge in [0.15, 0.2) is 0 Å². The zero-order valence-corrected chi connectivity index (χ0v) is 6.05. The minimum atomic E-state index is -0.419. The van der Waals surface area contributed by atoms with Gasteiger partial charge in [0.2, 0.25) is 0 Å². The van der Waals surface area contributed by atoms with Gasteiger partial charge >= 0.3 is 0 Å². The molecule has 0 aromatic carbocycles. The summed E-state index contributed by atoms with van der Waals surface area (Å²) >= 11 is 0. The number of ketones is 1. The summed E-state index contributed by atoms with van der Waals surface area (Å²) in [7, 11) is 0. The summed E-state index contributed by atoms with van der Waals surface area (Å²) in [6, 6.07) is 0. The van der Waals surface area contributed by atoms with Crippen LogP contribution in [0.15, 0.2) is 0 Å². The molecular formula is C7H14O2. The monoisotopic (exact) mass is 130 g/mol. The average Bonchev–Trinajstić information content (AvgIpc) is 1.87. The van der Waals surface area contributed by atoms with E-state index in [2.05, 4.69) is 0 Å². The maximum Gasteiger partial charge on any atom is 0.135 e. The molecule has 0 unspecified atom stereocenters. The van der Waals surface area contributed by atoms with Gasteiger partial charge in [0.05, 0.1) is 6.10 Å². The first-order valence-electron chi connectivity index (χ1n) is 3.40. The number of carbonyl (C=O) groups is 1. The van der Waals surface area contributed by atoms with Crippen LogP contribution in [0.25, 0.3) is 0 Å². The lowest BCUT2D eigenvalue weighted by Crippen LogP contribution is -2.10. The highest BCUT2D eigenvalue weighted by atomic mass is 16.3. The first-order valence-corrected chi connectivity index (χ1v) is 3.40. The molecule has 0 radical (unpaired) electrons. The summed E-state index contributed by atoms with van der Waals surface area (Å²) in [6.07, 6.45) is 1.12. The lowest BCUT2D eigenvalue weighted by Gasteiger charge is -2.03. The molecule has 0 aliphatic heterocycles. The maximum absolute atomic E-state index is 10.6. The lowest BCUT2D eigenvalue weighted by molar-refractivity contribution is -0.120. The van der Waals surface area contributed by atoms with Crippen molar-refractivity contribution < 1.29 is 9.90 Å². The SMILES string of the molecule is CCC(=O)C[C@@H](O)CC. The molecule has 0 saturated heterocycles. The van der Waals surface area contributed by atoms with Gasteiger partial charge in [-0.3, -0.25) is 4.79 Å². The van der Waals surface area contributed by atoms with Crippen LogP contribution < -0.4 is 0 Å². The molecule has 0 spiro atoms. The number of hydrogen-bond acceptors (Lipinski definition) is 2. The highest BCUT2D eigenvalue weighted by Gasteiger charge is 2.05. The van der Waals surface area contributed by atoms with E-state index < -0.39 is 6.10 Å². The number of rotatable bonds is 4. The average molecular weight is 130 g/mol. The van der Waals surface area contributed by atoms with Crippen molar-refractivity contribution in [1.29, 1.82) is 0 Å². The van der Waals surface area contributed by atoms with Crippen molar-refractivity contribution in [2.24, 2.45) is 0 Å². The number of aliphatic hydroxyl groups is 1. The Hall–Kier alpha value is -0.370. The molecule has 0 aliphatic carbocycles. The number of Topliss-reactive ketones (excluding diaryl/α,β-unsaturated/α-hetero) is 1. The quantitative estimate of drug-likeness (QED) is 0.619. The molecule has 1 N–H and O–H groups in total. The lowest BCUT2D eigenvalue weighted by atomic mass is 10.1. The Morgan fingerprint density at radius 1 is 1.56 bits per heavy atom. The van der Waals surface area contributed by atoms with Crippen LogP contribution in [0.5, 0.6) is 0 Å². The maximum atomic E-state index is 10.6. The minimum absolute atomic E-state index is 0.143. The Morgan fingerprint density at radius 2 is 2.11 bits per heavy atom. The highest BCUT2D eigenvalue weighted by molar-refractivity contribution is 5.78. The van der Waals surface area contributed by atoms with Gasteiger partial charge < -0.3 is 5.11 Å². The van der Waals surface area contributed by atoms with Crippen molar-refractivity contribution in [3.8, 4) is 0 Å². The molecule has 0 aromatic heterocycles. The second-order valence-electron chi connectivity index (χ2n) is 2.16.